The maximum absolute atomic E-state index is 4.22. The van der Waals surface area contributed by atoms with Crippen LogP contribution in [0.3, 0.4) is 0 Å². The molecule has 0 saturated carbocycles. The molecule has 3 rings (SSSR count). The molecule has 0 N–H and O–H groups in total. The predicted octanol–water partition coefficient (Wildman–Crippen LogP) is 9.05. The van der Waals surface area contributed by atoms with Crippen LogP contribution in [0.25, 0.3) is 11.1 Å². The molecule has 0 aromatic heterocycles. The van der Waals surface area contributed by atoms with Gasteiger partial charge in [-0.1, -0.05) is 125 Å². The van der Waals surface area contributed by atoms with E-state index in [4.69, 9.17) is 0 Å². The highest BCUT2D eigenvalue weighted by molar-refractivity contribution is 5.83. The first kappa shape index (κ1) is 25.6. The van der Waals surface area contributed by atoms with Crippen LogP contribution in [0.1, 0.15) is 87.5 Å². The molecule has 0 heterocycles. The van der Waals surface area contributed by atoms with Crippen molar-refractivity contribution in [3.05, 3.63) is 95.1 Å². The van der Waals surface area contributed by atoms with Gasteiger partial charge >= 0.3 is 0 Å². The molecule has 0 radical (unpaired) electrons. The van der Waals surface area contributed by atoms with E-state index in [2.05, 4.69) is 66.5 Å². The number of nitrogens with zero attached hydrogens (tertiary/aromatic N) is 2. The maximum atomic E-state index is 4.22. The monoisotopic (exact) mass is 452 g/mol. The molecule has 3 aromatic rings. The highest BCUT2D eigenvalue weighted by Gasteiger charge is 2.07. The van der Waals surface area contributed by atoms with Crippen LogP contribution in [0.15, 0.2) is 83.0 Å². The zero-order valence-corrected chi connectivity index (χ0v) is 21.0. The summed E-state index contributed by atoms with van der Waals surface area (Å²) in [4.78, 5) is 0. The zero-order valence-electron chi connectivity index (χ0n) is 21.0. The lowest BCUT2D eigenvalue weighted by Crippen LogP contribution is -1.95. The second kappa shape index (κ2) is 15.0. The fourth-order valence-electron chi connectivity index (χ4n) is 4.25. The smallest absolute Gasteiger partial charge is 0.0568 e. The van der Waals surface area contributed by atoms with Crippen LogP contribution >= 0.6 is 0 Å². The van der Waals surface area contributed by atoms with Gasteiger partial charge in [0.2, 0.25) is 0 Å². The lowest BCUT2D eigenvalue weighted by Gasteiger charge is -2.13. The number of hydrogen-bond donors (Lipinski definition) is 0. The van der Waals surface area contributed by atoms with Crippen LogP contribution in [-0.4, -0.2) is 12.4 Å². The third-order valence-electron chi connectivity index (χ3n) is 6.29. The molecule has 0 aliphatic heterocycles. The molecule has 0 aliphatic rings. The van der Waals surface area contributed by atoms with Crippen molar-refractivity contribution in [2.24, 2.45) is 10.2 Å². The van der Waals surface area contributed by atoms with Gasteiger partial charge in [0.15, 0.2) is 0 Å². The van der Waals surface area contributed by atoms with E-state index in [9.17, 15) is 0 Å². The normalized spacial score (nSPS) is 11.6. The van der Waals surface area contributed by atoms with Crippen molar-refractivity contribution in [3.63, 3.8) is 0 Å². The molecule has 2 heteroatoms. The summed E-state index contributed by atoms with van der Waals surface area (Å²) in [5.41, 5.74) is 7.75. The molecule has 3 aromatic carbocycles. The van der Waals surface area contributed by atoms with E-state index in [0.29, 0.717) is 0 Å². The third-order valence-corrected chi connectivity index (χ3v) is 6.29. The molecular weight excluding hydrogens is 412 g/mol. The van der Waals surface area contributed by atoms with E-state index in [1.807, 2.05) is 36.5 Å². The van der Waals surface area contributed by atoms with Crippen LogP contribution in [-0.2, 0) is 12.8 Å². The Balaban J connectivity index is 1.71. The van der Waals surface area contributed by atoms with Crippen LogP contribution in [0.2, 0.25) is 0 Å². The largest absolute Gasteiger partial charge is 0.159 e. The van der Waals surface area contributed by atoms with Crippen molar-refractivity contribution in [1.82, 2.24) is 0 Å². The number of benzene rings is 3. The van der Waals surface area contributed by atoms with E-state index in [-0.39, 0.29) is 0 Å². The van der Waals surface area contributed by atoms with E-state index < -0.39 is 0 Å². The average Bonchev–Trinajstić information content (AvgIpc) is 2.88. The highest BCUT2D eigenvalue weighted by atomic mass is 15.2. The quantitative estimate of drug-likeness (QED) is 0.132. The minimum atomic E-state index is 1.05. The van der Waals surface area contributed by atoms with Gasteiger partial charge in [-0.3, -0.25) is 0 Å². The zero-order chi connectivity index (χ0) is 23.8. The van der Waals surface area contributed by atoms with E-state index in [1.165, 1.54) is 80.0 Å². The van der Waals surface area contributed by atoms with Crippen LogP contribution < -0.4 is 0 Å². The Morgan fingerprint density at radius 2 is 1.21 bits per heavy atom. The van der Waals surface area contributed by atoms with Gasteiger partial charge in [-0.15, -0.1) is 0 Å². The van der Waals surface area contributed by atoms with Gasteiger partial charge in [0.1, 0.15) is 0 Å². The number of hydrogen-bond acceptors (Lipinski definition) is 2. The second-order valence-electron chi connectivity index (χ2n) is 9.13. The Kier molecular flexibility index (Phi) is 11.3. The van der Waals surface area contributed by atoms with Crippen LogP contribution in [0.5, 0.6) is 0 Å². The molecule has 0 fully saturated rings. The van der Waals surface area contributed by atoms with Gasteiger partial charge in [-0.2, -0.15) is 10.2 Å². The summed E-state index contributed by atoms with van der Waals surface area (Å²) in [7, 11) is 0. The summed E-state index contributed by atoms with van der Waals surface area (Å²) < 4.78 is 0. The van der Waals surface area contributed by atoms with Crippen molar-refractivity contribution < 1.29 is 0 Å². The van der Waals surface area contributed by atoms with Crippen molar-refractivity contribution in [2.75, 3.05) is 0 Å². The second-order valence-corrected chi connectivity index (χ2v) is 9.13. The fourth-order valence-corrected chi connectivity index (χ4v) is 4.25. The topological polar surface area (TPSA) is 24.7 Å². The first-order chi connectivity index (χ1) is 16.8. The summed E-state index contributed by atoms with van der Waals surface area (Å²) in [6.07, 6.45) is 16.3. The first-order valence-electron chi connectivity index (χ1n) is 13.1. The van der Waals surface area contributed by atoms with Crippen LogP contribution in [0, 0.1) is 0 Å². The molecule has 0 saturated heterocycles. The molecule has 0 bridgehead atoms. The molecule has 0 amide bonds. The minimum absolute atomic E-state index is 1.05. The number of unbranched alkanes of at least 4 members (excludes halogenated alkanes) is 6. The third kappa shape index (κ3) is 8.74. The maximum Gasteiger partial charge on any atom is 0.0568 e. The Bertz CT molecular complexity index is 1020. The minimum Gasteiger partial charge on any atom is -0.159 e. The summed E-state index contributed by atoms with van der Waals surface area (Å²) in [5.74, 6) is 0. The van der Waals surface area contributed by atoms with Crippen molar-refractivity contribution in [1.29, 1.82) is 0 Å². The average molecular weight is 453 g/mol. The van der Waals surface area contributed by atoms with Crippen molar-refractivity contribution in [2.45, 2.75) is 78.1 Å². The standard InChI is InChI=1S/C32H40N2/c1-3-5-7-10-14-27-18-21-30(17-13-8-6-4-2)32(24-27)31-22-19-29(20-23-31)26-34-33-25-28-15-11-9-12-16-28/h9,11-12,15-16,18-26H,3-8,10,13-14,17H2,1-2H3/b33-25+,34-26+. The Morgan fingerprint density at radius 1 is 0.588 bits per heavy atom. The summed E-state index contributed by atoms with van der Waals surface area (Å²) in [6.45, 7) is 4.55. The summed E-state index contributed by atoms with van der Waals surface area (Å²) in [5, 5.41) is 8.40. The van der Waals surface area contributed by atoms with Crippen LogP contribution in [0.4, 0.5) is 0 Å². The summed E-state index contributed by atoms with van der Waals surface area (Å²) in [6, 6.07) is 26.0. The number of rotatable bonds is 14. The lowest BCUT2D eigenvalue weighted by molar-refractivity contribution is 0.664. The van der Waals surface area contributed by atoms with Gasteiger partial charge in [0.25, 0.3) is 0 Å². The van der Waals surface area contributed by atoms with Gasteiger partial charge in [-0.25, -0.2) is 0 Å². The van der Waals surface area contributed by atoms with Gasteiger partial charge in [0.05, 0.1) is 12.4 Å². The summed E-state index contributed by atoms with van der Waals surface area (Å²) >= 11 is 0. The van der Waals surface area contributed by atoms with Gasteiger partial charge in [0, 0.05) is 0 Å². The molecule has 2 nitrogen and oxygen atoms in total. The fraction of sp³-hybridized carbons (Fsp3) is 0.375. The Morgan fingerprint density at radius 3 is 1.85 bits per heavy atom. The van der Waals surface area contributed by atoms with Crippen molar-refractivity contribution in [3.8, 4) is 11.1 Å². The van der Waals surface area contributed by atoms with Gasteiger partial charge < -0.3 is 0 Å². The van der Waals surface area contributed by atoms with E-state index in [1.54, 1.807) is 6.21 Å². The Hall–Kier alpha value is -3.00. The first-order valence-corrected chi connectivity index (χ1v) is 13.1. The van der Waals surface area contributed by atoms with E-state index in [0.717, 1.165) is 17.5 Å². The molecule has 0 aliphatic carbocycles. The molecule has 0 unspecified atom stereocenters. The number of aryl methyl sites for hydroxylation is 2. The highest BCUT2D eigenvalue weighted by Crippen LogP contribution is 2.28. The van der Waals surface area contributed by atoms with Crippen molar-refractivity contribution >= 4 is 12.4 Å². The molecule has 0 spiro atoms. The lowest BCUT2D eigenvalue weighted by atomic mass is 9.92. The Labute approximate surface area is 206 Å². The predicted molar refractivity (Wildman–Crippen MR) is 149 cm³/mol. The van der Waals surface area contributed by atoms with Gasteiger partial charge in [-0.05, 0) is 59.1 Å². The van der Waals surface area contributed by atoms with E-state index >= 15 is 0 Å². The molecular formula is C32H40N2. The SMILES string of the molecule is CCCCCCc1ccc(CCCCCC)c(-c2ccc(/C=N/N=C/c3ccccc3)cc2)c1. The molecule has 0 atom stereocenters. The molecule has 34 heavy (non-hydrogen) atoms. The molecule has 178 valence electrons.